The van der Waals surface area contributed by atoms with Crippen LogP contribution in [-0.2, 0) is 11.4 Å². The normalized spacial score (nSPS) is 12.9. The topological polar surface area (TPSA) is 45.4 Å². The molecule has 3 nitrogen and oxygen atoms in total. The monoisotopic (exact) mass is 230 g/mol. The van der Waals surface area contributed by atoms with Gasteiger partial charge in [0.2, 0.25) is 0 Å². The number of benzene rings is 1. The molecule has 0 saturated heterocycles. The van der Waals surface area contributed by atoms with E-state index in [0.29, 0.717) is 13.0 Å². The van der Waals surface area contributed by atoms with Crippen LogP contribution in [0.25, 0.3) is 0 Å². The van der Waals surface area contributed by atoms with Crippen LogP contribution in [-0.4, -0.2) is 5.71 Å². The van der Waals surface area contributed by atoms with Crippen LogP contribution in [0.1, 0.15) is 32.3 Å². The van der Waals surface area contributed by atoms with E-state index in [-0.39, 0.29) is 5.92 Å². The van der Waals surface area contributed by atoms with Gasteiger partial charge < -0.3 is 4.84 Å². The fourth-order valence-electron chi connectivity index (χ4n) is 1.47. The van der Waals surface area contributed by atoms with E-state index in [1.165, 1.54) is 0 Å². The van der Waals surface area contributed by atoms with Gasteiger partial charge in [0.05, 0.1) is 17.7 Å². The highest BCUT2D eigenvalue weighted by atomic mass is 16.6. The number of hydrogen-bond donors (Lipinski definition) is 0. The molecule has 1 rings (SSSR count). The first-order chi connectivity index (χ1) is 8.26. The summed E-state index contributed by atoms with van der Waals surface area (Å²) in [6.45, 7) is 4.37. The van der Waals surface area contributed by atoms with Crippen LogP contribution < -0.4 is 0 Å². The van der Waals surface area contributed by atoms with E-state index in [1.807, 2.05) is 44.2 Å². The minimum atomic E-state index is 0.0408. The predicted octanol–water partition coefficient (Wildman–Crippen LogP) is 3.52. The van der Waals surface area contributed by atoms with Gasteiger partial charge in [0.1, 0.15) is 6.61 Å². The van der Waals surface area contributed by atoms with Crippen LogP contribution in [0.15, 0.2) is 35.5 Å². The lowest BCUT2D eigenvalue weighted by Crippen LogP contribution is -2.03. The highest BCUT2D eigenvalue weighted by Gasteiger charge is 2.06. The Kier molecular flexibility index (Phi) is 5.81. The Balaban J connectivity index is 2.36. The van der Waals surface area contributed by atoms with Crippen LogP contribution in [0, 0.1) is 17.2 Å². The van der Waals surface area contributed by atoms with Crippen molar-refractivity contribution in [2.24, 2.45) is 11.1 Å². The lowest BCUT2D eigenvalue weighted by atomic mass is 10.0. The van der Waals surface area contributed by atoms with E-state index in [4.69, 9.17) is 10.1 Å². The van der Waals surface area contributed by atoms with Gasteiger partial charge in [-0.3, -0.25) is 0 Å². The molecule has 1 unspecified atom stereocenters. The lowest BCUT2D eigenvalue weighted by molar-refractivity contribution is 0.129. The number of hydrogen-bond acceptors (Lipinski definition) is 3. The molecule has 90 valence electrons. The van der Waals surface area contributed by atoms with Gasteiger partial charge in [0, 0.05) is 6.42 Å². The molecule has 1 aromatic carbocycles. The fourth-order valence-corrected chi connectivity index (χ4v) is 1.47. The highest BCUT2D eigenvalue weighted by molar-refractivity contribution is 5.81. The van der Waals surface area contributed by atoms with Gasteiger partial charge in [0.15, 0.2) is 0 Å². The Labute approximate surface area is 103 Å². The van der Waals surface area contributed by atoms with Crippen molar-refractivity contribution in [3.8, 4) is 6.07 Å². The van der Waals surface area contributed by atoms with E-state index in [2.05, 4.69) is 11.2 Å². The van der Waals surface area contributed by atoms with Gasteiger partial charge in [-0.1, -0.05) is 42.4 Å². The Hall–Kier alpha value is -1.82. The van der Waals surface area contributed by atoms with Crippen molar-refractivity contribution in [3.63, 3.8) is 0 Å². The van der Waals surface area contributed by atoms with Crippen molar-refractivity contribution in [3.05, 3.63) is 35.9 Å². The summed E-state index contributed by atoms with van der Waals surface area (Å²) in [7, 11) is 0. The van der Waals surface area contributed by atoms with Gasteiger partial charge >= 0.3 is 0 Å². The minimum absolute atomic E-state index is 0.0408. The minimum Gasteiger partial charge on any atom is -0.391 e. The number of oxime groups is 1. The van der Waals surface area contributed by atoms with Crippen molar-refractivity contribution >= 4 is 5.71 Å². The number of nitriles is 1. The highest BCUT2D eigenvalue weighted by Crippen LogP contribution is 2.08. The summed E-state index contributed by atoms with van der Waals surface area (Å²) in [5, 5.41) is 12.9. The Morgan fingerprint density at radius 3 is 2.71 bits per heavy atom. The third-order valence-electron chi connectivity index (χ3n) is 2.51. The summed E-state index contributed by atoms with van der Waals surface area (Å²) in [6.07, 6.45) is 1.53. The molecule has 0 fully saturated rings. The molecule has 0 radical (unpaired) electrons. The predicted molar refractivity (Wildman–Crippen MR) is 68.4 cm³/mol. The second kappa shape index (κ2) is 7.45. The van der Waals surface area contributed by atoms with Crippen LogP contribution in [0.4, 0.5) is 0 Å². The molecule has 0 bridgehead atoms. The van der Waals surface area contributed by atoms with Crippen molar-refractivity contribution in [2.45, 2.75) is 33.3 Å². The largest absolute Gasteiger partial charge is 0.391 e. The maximum absolute atomic E-state index is 8.83. The SMILES string of the molecule is CCC(C#N)CC(C)=NOCc1ccccc1. The van der Waals surface area contributed by atoms with E-state index in [1.54, 1.807) is 0 Å². The second-order valence-corrected chi connectivity index (χ2v) is 4.02. The maximum Gasteiger partial charge on any atom is 0.142 e. The lowest BCUT2D eigenvalue weighted by Gasteiger charge is -2.05. The average Bonchev–Trinajstić information content (AvgIpc) is 2.37. The molecular formula is C14H18N2O. The molecule has 0 heterocycles. The Morgan fingerprint density at radius 1 is 1.41 bits per heavy atom. The van der Waals surface area contributed by atoms with Crippen LogP contribution >= 0.6 is 0 Å². The van der Waals surface area contributed by atoms with Crippen molar-refractivity contribution < 1.29 is 4.84 Å². The summed E-state index contributed by atoms with van der Waals surface area (Å²) in [5.41, 5.74) is 1.96. The molecule has 0 amide bonds. The van der Waals surface area contributed by atoms with Crippen LogP contribution in [0.2, 0.25) is 0 Å². The maximum atomic E-state index is 8.83. The molecule has 17 heavy (non-hydrogen) atoms. The van der Waals surface area contributed by atoms with Crippen molar-refractivity contribution in [1.29, 1.82) is 5.26 Å². The molecule has 0 saturated carbocycles. The van der Waals surface area contributed by atoms with Crippen LogP contribution in [0.5, 0.6) is 0 Å². The fraction of sp³-hybridized carbons (Fsp3) is 0.429. The molecule has 0 aliphatic heterocycles. The first-order valence-electron chi connectivity index (χ1n) is 5.85. The summed E-state index contributed by atoms with van der Waals surface area (Å²) in [6, 6.07) is 12.2. The molecular weight excluding hydrogens is 212 g/mol. The third-order valence-corrected chi connectivity index (χ3v) is 2.51. The van der Waals surface area contributed by atoms with Crippen LogP contribution in [0.3, 0.4) is 0 Å². The molecule has 1 atom stereocenters. The quantitative estimate of drug-likeness (QED) is 0.554. The van der Waals surface area contributed by atoms with Crippen molar-refractivity contribution in [2.75, 3.05) is 0 Å². The van der Waals surface area contributed by atoms with E-state index >= 15 is 0 Å². The molecule has 0 aliphatic carbocycles. The van der Waals surface area contributed by atoms with Gasteiger partial charge in [-0.25, -0.2) is 0 Å². The molecule has 0 aromatic heterocycles. The Bertz CT molecular complexity index is 392. The van der Waals surface area contributed by atoms with Gasteiger partial charge in [-0.2, -0.15) is 5.26 Å². The van der Waals surface area contributed by atoms with E-state index < -0.39 is 0 Å². The number of rotatable bonds is 6. The van der Waals surface area contributed by atoms with Crippen molar-refractivity contribution in [1.82, 2.24) is 0 Å². The van der Waals surface area contributed by atoms with Gasteiger partial charge in [-0.15, -0.1) is 0 Å². The number of nitrogens with zero attached hydrogens (tertiary/aromatic N) is 2. The average molecular weight is 230 g/mol. The summed E-state index contributed by atoms with van der Waals surface area (Å²) in [4.78, 5) is 5.25. The van der Waals surface area contributed by atoms with Gasteiger partial charge in [0.25, 0.3) is 0 Å². The zero-order valence-corrected chi connectivity index (χ0v) is 10.4. The summed E-state index contributed by atoms with van der Waals surface area (Å²) in [5.74, 6) is 0.0408. The Morgan fingerprint density at radius 2 is 2.12 bits per heavy atom. The third kappa shape index (κ3) is 5.17. The second-order valence-electron chi connectivity index (χ2n) is 4.02. The summed E-state index contributed by atoms with van der Waals surface area (Å²) >= 11 is 0. The first kappa shape index (κ1) is 13.2. The molecule has 0 N–H and O–H groups in total. The smallest absolute Gasteiger partial charge is 0.142 e. The van der Waals surface area contributed by atoms with E-state index in [9.17, 15) is 0 Å². The molecule has 3 heteroatoms. The van der Waals surface area contributed by atoms with E-state index in [0.717, 1.165) is 17.7 Å². The van der Waals surface area contributed by atoms with Gasteiger partial charge in [-0.05, 0) is 18.9 Å². The first-order valence-corrected chi connectivity index (χ1v) is 5.85. The standard InChI is InChI=1S/C14H18N2O/c1-3-13(10-15)9-12(2)16-17-11-14-7-5-4-6-8-14/h4-8,13H,3,9,11H2,1-2H3. The molecule has 0 aliphatic rings. The zero-order chi connectivity index (χ0) is 12.5. The summed E-state index contributed by atoms with van der Waals surface area (Å²) < 4.78 is 0. The molecule has 0 spiro atoms. The molecule has 1 aromatic rings. The zero-order valence-electron chi connectivity index (χ0n) is 10.4.